The van der Waals surface area contributed by atoms with E-state index < -0.39 is 23.8 Å². The zero-order chi connectivity index (χ0) is 22.4. The van der Waals surface area contributed by atoms with Gasteiger partial charge in [-0.3, -0.25) is 9.59 Å². The molecule has 0 saturated carbocycles. The number of hydrogen-bond donors (Lipinski definition) is 3. The van der Waals surface area contributed by atoms with Gasteiger partial charge >= 0.3 is 17.7 Å². The molecule has 2 heterocycles. The largest absolute Gasteiger partial charge is 0.480 e. The SMILES string of the molecule is NCCCCC(N)C(=O)O.O=C1OC2(OC=C(c3ccccc3)C2=O)c2ccccc21. The van der Waals surface area contributed by atoms with Crippen LogP contribution in [-0.2, 0) is 24.8 Å². The van der Waals surface area contributed by atoms with E-state index in [0.717, 1.165) is 18.4 Å². The first-order valence-corrected chi connectivity index (χ1v) is 9.90. The van der Waals surface area contributed by atoms with Crippen LogP contribution < -0.4 is 11.5 Å². The molecule has 2 aliphatic heterocycles. The summed E-state index contributed by atoms with van der Waals surface area (Å²) in [4.78, 5) is 34.8. The molecule has 0 amide bonds. The van der Waals surface area contributed by atoms with Crippen LogP contribution in [0.3, 0.4) is 0 Å². The van der Waals surface area contributed by atoms with Gasteiger partial charge in [-0.1, -0.05) is 48.9 Å². The third-order valence-electron chi connectivity index (χ3n) is 5.00. The Balaban J connectivity index is 0.000000233. The van der Waals surface area contributed by atoms with Crippen molar-refractivity contribution in [3.05, 3.63) is 77.5 Å². The Labute approximate surface area is 179 Å². The minimum atomic E-state index is -1.65. The van der Waals surface area contributed by atoms with Gasteiger partial charge in [-0.15, -0.1) is 0 Å². The highest BCUT2D eigenvalue weighted by atomic mass is 16.7. The van der Waals surface area contributed by atoms with Crippen LogP contribution in [0.15, 0.2) is 60.9 Å². The summed E-state index contributed by atoms with van der Waals surface area (Å²) in [5.74, 6) is -3.48. The maximum Gasteiger partial charge on any atom is 0.347 e. The molecule has 0 bridgehead atoms. The normalized spacial score (nSPS) is 19.6. The molecule has 0 radical (unpaired) electrons. The number of nitrogens with two attached hydrogens (primary N) is 2. The number of ketones is 1. The first-order chi connectivity index (χ1) is 14.9. The number of unbranched alkanes of at least 4 members (excludes halogenated alkanes) is 1. The Morgan fingerprint density at radius 2 is 1.71 bits per heavy atom. The molecule has 0 aliphatic carbocycles. The van der Waals surface area contributed by atoms with Crippen LogP contribution in [0.2, 0.25) is 0 Å². The lowest BCUT2D eigenvalue weighted by Gasteiger charge is -2.20. The predicted octanol–water partition coefficient (Wildman–Crippen LogP) is 2.18. The van der Waals surface area contributed by atoms with Gasteiger partial charge in [-0.2, -0.15) is 0 Å². The molecular formula is C23H24N2O6. The summed E-state index contributed by atoms with van der Waals surface area (Å²) < 4.78 is 10.8. The Morgan fingerprint density at radius 3 is 2.39 bits per heavy atom. The fourth-order valence-electron chi connectivity index (χ4n) is 3.32. The Morgan fingerprint density at radius 1 is 1.03 bits per heavy atom. The van der Waals surface area contributed by atoms with Crippen LogP contribution in [0.5, 0.6) is 0 Å². The van der Waals surface area contributed by atoms with Crippen LogP contribution >= 0.6 is 0 Å². The quantitative estimate of drug-likeness (QED) is 0.473. The minimum Gasteiger partial charge on any atom is -0.480 e. The molecule has 2 aliphatic rings. The highest BCUT2D eigenvalue weighted by Gasteiger charge is 2.57. The number of carbonyl (C=O) groups excluding carboxylic acids is 2. The molecule has 8 heteroatoms. The van der Waals surface area contributed by atoms with Crippen LogP contribution in [0.25, 0.3) is 5.57 Å². The van der Waals surface area contributed by atoms with Gasteiger partial charge in [-0.25, -0.2) is 4.79 Å². The topological polar surface area (TPSA) is 142 Å². The second-order valence-electron chi connectivity index (χ2n) is 7.13. The van der Waals surface area contributed by atoms with Gasteiger partial charge in [0, 0.05) is 0 Å². The number of ether oxygens (including phenoxy) is 2. The first-order valence-electron chi connectivity index (χ1n) is 9.90. The van der Waals surface area contributed by atoms with Crippen molar-refractivity contribution in [1.82, 2.24) is 0 Å². The summed E-state index contributed by atoms with van der Waals surface area (Å²) >= 11 is 0. The zero-order valence-corrected chi connectivity index (χ0v) is 16.8. The number of Topliss-reactive ketones (excluding diaryl/α,β-unsaturated/α-hetero) is 1. The molecule has 0 fully saturated rings. The zero-order valence-electron chi connectivity index (χ0n) is 16.8. The molecule has 0 saturated heterocycles. The molecule has 4 rings (SSSR count). The number of esters is 1. The number of aliphatic carboxylic acids is 1. The first kappa shape index (κ1) is 22.2. The molecule has 2 aromatic carbocycles. The van der Waals surface area contributed by atoms with Crippen molar-refractivity contribution in [2.45, 2.75) is 31.1 Å². The average molecular weight is 424 g/mol. The van der Waals surface area contributed by atoms with E-state index >= 15 is 0 Å². The average Bonchev–Trinajstić information content (AvgIpc) is 3.26. The summed E-state index contributed by atoms with van der Waals surface area (Å²) in [7, 11) is 0. The maximum absolute atomic E-state index is 12.8. The van der Waals surface area contributed by atoms with Crippen molar-refractivity contribution < 1.29 is 29.0 Å². The molecule has 162 valence electrons. The van der Waals surface area contributed by atoms with Crippen LogP contribution in [0.1, 0.15) is 40.7 Å². The summed E-state index contributed by atoms with van der Waals surface area (Å²) in [5.41, 5.74) is 12.4. The van der Waals surface area contributed by atoms with Gasteiger partial charge in [-0.05, 0) is 37.1 Å². The Hall–Kier alpha value is -3.49. The Bertz CT molecular complexity index is 1000. The van der Waals surface area contributed by atoms with E-state index in [-0.39, 0.29) is 5.78 Å². The third kappa shape index (κ3) is 4.50. The summed E-state index contributed by atoms with van der Waals surface area (Å²) in [6.45, 7) is 0.604. The van der Waals surface area contributed by atoms with Gasteiger partial charge in [0.2, 0.25) is 0 Å². The number of carboxylic acid groups (broad SMARTS) is 1. The number of fused-ring (bicyclic) bond motifs is 2. The number of hydrogen-bond acceptors (Lipinski definition) is 7. The number of benzene rings is 2. The van der Waals surface area contributed by atoms with E-state index in [1.807, 2.05) is 30.3 Å². The molecule has 8 nitrogen and oxygen atoms in total. The van der Waals surface area contributed by atoms with E-state index in [2.05, 4.69) is 0 Å². The lowest BCUT2D eigenvalue weighted by atomic mass is 9.94. The van der Waals surface area contributed by atoms with Gasteiger partial charge < -0.3 is 26.0 Å². The third-order valence-corrected chi connectivity index (χ3v) is 5.00. The monoisotopic (exact) mass is 424 g/mol. The molecule has 0 aromatic heterocycles. The lowest BCUT2D eigenvalue weighted by molar-refractivity contribution is -0.173. The minimum absolute atomic E-state index is 0.355. The van der Waals surface area contributed by atoms with Crippen molar-refractivity contribution in [1.29, 1.82) is 0 Å². The maximum atomic E-state index is 12.8. The summed E-state index contributed by atoms with van der Waals surface area (Å²) in [6.07, 6.45) is 3.53. The number of carboxylic acids is 1. The molecule has 2 atom stereocenters. The van der Waals surface area contributed by atoms with Crippen LogP contribution in [-0.4, -0.2) is 35.4 Å². The van der Waals surface area contributed by atoms with E-state index in [1.165, 1.54) is 6.26 Å². The lowest BCUT2D eigenvalue weighted by Crippen LogP contribution is -2.34. The smallest absolute Gasteiger partial charge is 0.347 e. The van der Waals surface area contributed by atoms with Gasteiger partial charge in [0.25, 0.3) is 5.78 Å². The fourth-order valence-corrected chi connectivity index (χ4v) is 3.32. The van der Waals surface area contributed by atoms with Crippen molar-refractivity contribution in [3.63, 3.8) is 0 Å². The number of rotatable bonds is 6. The van der Waals surface area contributed by atoms with Crippen molar-refractivity contribution >= 4 is 23.3 Å². The highest BCUT2D eigenvalue weighted by Crippen LogP contribution is 2.45. The summed E-state index contributed by atoms with van der Waals surface area (Å²) in [5, 5.41) is 8.33. The highest BCUT2D eigenvalue weighted by molar-refractivity contribution is 6.27. The molecule has 2 aromatic rings. The molecular weight excluding hydrogens is 400 g/mol. The predicted molar refractivity (Wildman–Crippen MR) is 113 cm³/mol. The van der Waals surface area contributed by atoms with Gasteiger partial charge in [0.1, 0.15) is 12.3 Å². The van der Waals surface area contributed by atoms with Gasteiger partial charge in [0.05, 0.1) is 16.7 Å². The Kier molecular flexibility index (Phi) is 6.84. The molecule has 1 spiro atoms. The van der Waals surface area contributed by atoms with E-state index in [9.17, 15) is 14.4 Å². The molecule has 2 unspecified atom stereocenters. The standard InChI is InChI=1S/C17H10O4.C6H14N2O2/c18-15-13(11-6-2-1-3-7-11)10-20-17(15)14-9-5-4-8-12(14)16(19)21-17;7-4-2-1-3-5(8)6(9)10/h1-10H;5H,1-4,7-8H2,(H,9,10). The van der Waals surface area contributed by atoms with Crippen molar-refractivity contribution in [3.8, 4) is 0 Å². The summed E-state index contributed by atoms with van der Waals surface area (Å²) in [6, 6.07) is 15.2. The van der Waals surface area contributed by atoms with E-state index in [0.29, 0.717) is 29.7 Å². The fraction of sp³-hybridized carbons (Fsp3) is 0.261. The van der Waals surface area contributed by atoms with Gasteiger partial charge in [0.15, 0.2) is 0 Å². The molecule has 31 heavy (non-hydrogen) atoms. The second-order valence-corrected chi connectivity index (χ2v) is 7.13. The number of carbonyl (C=O) groups is 3. The molecule has 5 N–H and O–H groups in total. The van der Waals surface area contributed by atoms with Crippen LogP contribution in [0, 0.1) is 0 Å². The van der Waals surface area contributed by atoms with Crippen molar-refractivity contribution in [2.75, 3.05) is 6.54 Å². The van der Waals surface area contributed by atoms with E-state index in [4.69, 9.17) is 26.0 Å². The van der Waals surface area contributed by atoms with E-state index in [1.54, 1.807) is 24.3 Å². The van der Waals surface area contributed by atoms with Crippen LogP contribution in [0.4, 0.5) is 0 Å². The van der Waals surface area contributed by atoms with Crippen molar-refractivity contribution in [2.24, 2.45) is 11.5 Å². The second kappa shape index (κ2) is 9.55.